The normalized spacial score (nSPS) is 14.1. The Morgan fingerprint density at radius 1 is 1.16 bits per heavy atom. The van der Waals surface area contributed by atoms with E-state index in [4.69, 9.17) is 5.73 Å². The fourth-order valence-corrected chi connectivity index (χ4v) is 2.91. The Morgan fingerprint density at radius 3 is 2.26 bits per heavy atom. The molecule has 1 heterocycles. The predicted molar refractivity (Wildman–Crippen MR) is 83.2 cm³/mol. The summed E-state index contributed by atoms with van der Waals surface area (Å²) in [6.45, 7) is 3.99. The molecule has 19 heavy (non-hydrogen) atoms. The summed E-state index contributed by atoms with van der Waals surface area (Å²) in [4.78, 5) is 8.66. The quantitative estimate of drug-likeness (QED) is 0.682. The van der Waals surface area contributed by atoms with Gasteiger partial charge in [0, 0.05) is 22.9 Å². The van der Waals surface area contributed by atoms with Crippen molar-refractivity contribution in [2.45, 2.75) is 30.3 Å². The summed E-state index contributed by atoms with van der Waals surface area (Å²) in [5.41, 5.74) is 8.34. The molecule has 0 aliphatic carbocycles. The summed E-state index contributed by atoms with van der Waals surface area (Å²) in [6.07, 6.45) is 3.66. The van der Waals surface area contributed by atoms with Gasteiger partial charge >= 0.3 is 0 Å². The lowest BCUT2D eigenvalue weighted by Gasteiger charge is -2.19. The van der Waals surface area contributed by atoms with Gasteiger partial charge < -0.3 is 5.73 Å². The van der Waals surface area contributed by atoms with E-state index in [1.54, 1.807) is 11.8 Å². The van der Waals surface area contributed by atoms with Crippen molar-refractivity contribution < 1.29 is 0 Å². The van der Waals surface area contributed by atoms with Gasteiger partial charge in [0.2, 0.25) is 0 Å². The minimum absolute atomic E-state index is 0.0241. The third-order valence-corrected chi connectivity index (χ3v) is 4.57. The van der Waals surface area contributed by atoms with Crippen molar-refractivity contribution in [1.29, 1.82) is 0 Å². The molecule has 0 amide bonds. The van der Waals surface area contributed by atoms with Crippen LogP contribution in [0.5, 0.6) is 0 Å². The highest BCUT2D eigenvalue weighted by Crippen LogP contribution is 2.35. The van der Waals surface area contributed by atoms with Crippen LogP contribution in [0.15, 0.2) is 46.3 Å². The fourth-order valence-electron chi connectivity index (χ4n) is 1.69. The van der Waals surface area contributed by atoms with E-state index in [0.717, 1.165) is 15.2 Å². The second-order valence-electron chi connectivity index (χ2n) is 4.49. The molecule has 2 rings (SSSR count). The highest BCUT2D eigenvalue weighted by molar-refractivity contribution is 9.10. The van der Waals surface area contributed by atoms with E-state index in [1.165, 1.54) is 5.56 Å². The smallest absolute Gasteiger partial charge is 0.188 e. The first-order valence-electron chi connectivity index (χ1n) is 6.02. The number of benzene rings is 1. The van der Waals surface area contributed by atoms with Gasteiger partial charge in [-0.15, -0.1) is 0 Å². The van der Waals surface area contributed by atoms with Crippen molar-refractivity contribution in [3.05, 3.63) is 52.3 Å². The Morgan fingerprint density at radius 2 is 1.74 bits per heavy atom. The van der Waals surface area contributed by atoms with Gasteiger partial charge in [0.15, 0.2) is 5.16 Å². The van der Waals surface area contributed by atoms with Gasteiger partial charge in [-0.1, -0.05) is 39.8 Å². The van der Waals surface area contributed by atoms with Crippen LogP contribution in [0.1, 0.15) is 23.3 Å². The summed E-state index contributed by atoms with van der Waals surface area (Å²) in [7, 11) is 0. The van der Waals surface area contributed by atoms with Crippen molar-refractivity contribution in [3.8, 4) is 0 Å². The molecular formula is C14H16BrN3S. The van der Waals surface area contributed by atoms with E-state index in [1.807, 2.05) is 38.4 Å². The van der Waals surface area contributed by atoms with Gasteiger partial charge in [0.25, 0.3) is 0 Å². The van der Waals surface area contributed by atoms with Crippen LogP contribution < -0.4 is 5.73 Å². The Kier molecular flexibility index (Phi) is 4.96. The molecule has 2 atom stereocenters. The molecule has 0 fully saturated rings. The van der Waals surface area contributed by atoms with Crippen LogP contribution in [-0.4, -0.2) is 16.0 Å². The lowest BCUT2D eigenvalue weighted by molar-refractivity contribution is 0.717. The molecule has 0 radical (unpaired) electrons. The molecule has 0 saturated heterocycles. The van der Waals surface area contributed by atoms with Gasteiger partial charge in [-0.05, 0) is 37.1 Å². The maximum atomic E-state index is 6.10. The second kappa shape index (κ2) is 6.50. The molecule has 1 aromatic carbocycles. The topological polar surface area (TPSA) is 51.8 Å². The first-order chi connectivity index (χ1) is 9.06. The maximum absolute atomic E-state index is 6.10. The van der Waals surface area contributed by atoms with Gasteiger partial charge in [-0.3, -0.25) is 0 Å². The molecule has 0 aliphatic heterocycles. The molecular weight excluding hydrogens is 322 g/mol. The van der Waals surface area contributed by atoms with Crippen LogP contribution in [0.4, 0.5) is 0 Å². The van der Waals surface area contributed by atoms with Crippen LogP contribution in [0.25, 0.3) is 0 Å². The number of nitrogens with two attached hydrogens (primary N) is 1. The Bertz CT molecular complexity index is 525. The highest BCUT2D eigenvalue weighted by Gasteiger charge is 2.19. The minimum Gasteiger partial charge on any atom is -0.327 e. The highest BCUT2D eigenvalue weighted by atomic mass is 79.9. The number of thioether (sulfide) groups is 1. The third-order valence-electron chi connectivity index (χ3n) is 2.67. The van der Waals surface area contributed by atoms with E-state index in [9.17, 15) is 0 Å². The molecule has 0 spiro atoms. The van der Waals surface area contributed by atoms with Gasteiger partial charge in [0.05, 0.1) is 5.25 Å². The number of nitrogens with zero attached hydrogens (tertiary/aromatic N) is 2. The average molecular weight is 338 g/mol. The monoisotopic (exact) mass is 337 g/mol. The minimum atomic E-state index is 0.0241. The van der Waals surface area contributed by atoms with Crippen molar-refractivity contribution in [3.63, 3.8) is 0 Å². The third kappa shape index (κ3) is 4.03. The first-order valence-corrected chi connectivity index (χ1v) is 7.70. The molecule has 3 nitrogen and oxygen atoms in total. The van der Waals surface area contributed by atoms with Crippen molar-refractivity contribution in [1.82, 2.24) is 9.97 Å². The summed E-state index contributed by atoms with van der Waals surface area (Å²) in [6, 6.07) is 8.25. The molecule has 0 saturated carbocycles. The summed E-state index contributed by atoms with van der Waals surface area (Å²) < 4.78 is 1.07. The number of hydrogen-bond donors (Lipinski definition) is 1. The SMILES string of the molecule is Cc1cnc(SC(c2ccc(Br)cc2)C(C)N)nc1. The molecule has 100 valence electrons. The Hall–Kier alpha value is -0.910. The molecule has 2 unspecified atom stereocenters. The lowest BCUT2D eigenvalue weighted by atomic mass is 10.1. The number of aryl methyl sites for hydroxylation is 1. The van der Waals surface area contributed by atoms with Crippen LogP contribution in [0.3, 0.4) is 0 Å². The summed E-state index contributed by atoms with van der Waals surface area (Å²) >= 11 is 5.05. The van der Waals surface area contributed by atoms with E-state index in [-0.39, 0.29) is 11.3 Å². The molecule has 0 bridgehead atoms. The maximum Gasteiger partial charge on any atom is 0.188 e. The van der Waals surface area contributed by atoms with Crippen LogP contribution >= 0.6 is 27.7 Å². The molecule has 0 aliphatic rings. The van der Waals surface area contributed by atoms with E-state index in [2.05, 4.69) is 38.0 Å². The second-order valence-corrected chi connectivity index (χ2v) is 6.52. The van der Waals surface area contributed by atoms with Crippen LogP contribution in [0, 0.1) is 6.92 Å². The largest absolute Gasteiger partial charge is 0.327 e. The average Bonchev–Trinajstić information content (AvgIpc) is 2.39. The van der Waals surface area contributed by atoms with Crippen LogP contribution in [0.2, 0.25) is 0 Å². The van der Waals surface area contributed by atoms with Crippen LogP contribution in [-0.2, 0) is 0 Å². The zero-order valence-corrected chi connectivity index (χ0v) is 13.3. The number of halogens is 1. The molecule has 1 aromatic heterocycles. The van der Waals surface area contributed by atoms with Gasteiger partial charge in [-0.25, -0.2) is 9.97 Å². The standard InChI is InChI=1S/C14H16BrN3S/c1-9-7-17-14(18-8-9)19-13(10(2)16)11-3-5-12(15)6-4-11/h3-8,10,13H,16H2,1-2H3. The summed E-state index contributed by atoms with van der Waals surface area (Å²) in [5, 5.41) is 0.909. The fraction of sp³-hybridized carbons (Fsp3) is 0.286. The Balaban J connectivity index is 2.21. The van der Waals surface area contributed by atoms with E-state index in [0.29, 0.717) is 0 Å². The van der Waals surface area contributed by atoms with Gasteiger partial charge in [-0.2, -0.15) is 0 Å². The predicted octanol–water partition coefficient (Wildman–Crippen LogP) is 3.73. The zero-order chi connectivity index (χ0) is 13.8. The number of hydrogen-bond acceptors (Lipinski definition) is 4. The van der Waals surface area contributed by atoms with E-state index >= 15 is 0 Å². The van der Waals surface area contributed by atoms with Crippen molar-refractivity contribution in [2.75, 3.05) is 0 Å². The summed E-state index contributed by atoms with van der Waals surface area (Å²) in [5.74, 6) is 0. The van der Waals surface area contributed by atoms with E-state index < -0.39 is 0 Å². The molecule has 2 aromatic rings. The molecule has 2 N–H and O–H groups in total. The molecule has 5 heteroatoms. The Labute approximate surface area is 126 Å². The zero-order valence-electron chi connectivity index (χ0n) is 10.9. The van der Waals surface area contributed by atoms with Gasteiger partial charge in [0.1, 0.15) is 0 Å². The number of rotatable bonds is 4. The van der Waals surface area contributed by atoms with Crippen molar-refractivity contribution >= 4 is 27.7 Å². The number of aromatic nitrogens is 2. The lowest BCUT2D eigenvalue weighted by Crippen LogP contribution is -2.22. The first kappa shape index (κ1) is 14.5. The van der Waals surface area contributed by atoms with Crippen molar-refractivity contribution in [2.24, 2.45) is 5.73 Å².